The van der Waals surface area contributed by atoms with Crippen LogP contribution in [0.15, 0.2) is 46.7 Å². The van der Waals surface area contributed by atoms with Crippen LogP contribution in [0.5, 0.6) is 5.75 Å². The van der Waals surface area contributed by atoms with Gasteiger partial charge in [-0.25, -0.2) is 18.7 Å². The summed E-state index contributed by atoms with van der Waals surface area (Å²) in [6, 6.07) is 8.69. The van der Waals surface area contributed by atoms with Crippen LogP contribution in [0.1, 0.15) is 29.9 Å². The number of ether oxygens (including phenoxy) is 1. The van der Waals surface area contributed by atoms with Crippen LogP contribution in [0, 0.1) is 0 Å². The van der Waals surface area contributed by atoms with Gasteiger partial charge in [-0.05, 0) is 24.3 Å². The summed E-state index contributed by atoms with van der Waals surface area (Å²) in [4.78, 5) is 21.0. The van der Waals surface area contributed by atoms with E-state index in [2.05, 4.69) is 9.97 Å². The van der Waals surface area contributed by atoms with Crippen molar-refractivity contribution < 1.29 is 13.5 Å². The molecule has 0 saturated heterocycles. The van der Waals surface area contributed by atoms with E-state index in [0.29, 0.717) is 10.8 Å². The summed E-state index contributed by atoms with van der Waals surface area (Å²) in [5.41, 5.74) is 2.03. The van der Waals surface area contributed by atoms with E-state index >= 15 is 0 Å². The SMILES string of the molecule is CCc1nc2ccc(-n3ccc(OCc4nc(C(F)F)cs4)cc3=O)cc2n1C. The monoisotopic (exact) mass is 416 g/mol. The third kappa shape index (κ3) is 3.77. The Hall–Kier alpha value is -3.07. The van der Waals surface area contributed by atoms with E-state index in [9.17, 15) is 13.6 Å². The summed E-state index contributed by atoms with van der Waals surface area (Å²) in [5, 5.41) is 1.73. The summed E-state index contributed by atoms with van der Waals surface area (Å²) in [6.45, 7) is 2.08. The van der Waals surface area contributed by atoms with Gasteiger partial charge in [-0.1, -0.05) is 6.92 Å². The van der Waals surface area contributed by atoms with E-state index in [1.165, 1.54) is 16.0 Å². The average molecular weight is 416 g/mol. The van der Waals surface area contributed by atoms with Gasteiger partial charge in [0, 0.05) is 31.1 Å². The molecule has 6 nitrogen and oxygen atoms in total. The van der Waals surface area contributed by atoms with E-state index < -0.39 is 6.43 Å². The quantitative estimate of drug-likeness (QED) is 0.471. The lowest BCUT2D eigenvalue weighted by molar-refractivity contribution is 0.146. The second-order valence-electron chi connectivity index (χ2n) is 6.44. The Morgan fingerprint density at radius 3 is 2.72 bits per heavy atom. The van der Waals surface area contributed by atoms with Gasteiger partial charge in [0.1, 0.15) is 28.9 Å². The van der Waals surface area contributed by atoms with Crippen molar-refractivity contribution in [3.63, 3.8) is 0 Å². The highest BCUT2D eigenvalue weighted by Gasteiger charge is 2.13. The van der Waals surface area contributed by atoms with Crippen LogP contribution in [0.3, 0.4) is 0 Å². The molecule has 0 radical (unpaired) electrons. The van der Waals surface area contributed by atoms with Crippen LogP contribution in [0.2, 0.25) is 0 Å². The van der Waals surface area contributed by atoms with E-state index in [1.807, 2.05) is 36.7 Å². The van der Waals surface area contributed by atoms with Crippen LogP contribution in [-0.2, 0) is 20.1 Å². The number of benzene rings is 1. The summed E-state index contributed by atoms with van der Waals surface area (Å²) in [6.07, 6.45) is -0.152. The number of hydrogen-bond acceptors (Lipinski definition) is 5. The molecular formula is C20H18F2N4O2S. The van der Waals surface area contributed by atoms with Crippen molar-refractivity contribution >= 4 is 22.4 Å². The van der Waals surface area contributed by atoms with Crippen molar-refractivity contribution in [2.24, 2.45) is 7.05 Å². The van der Waals surface area contributed by atoms with Crippen molar-refractivity contribution in [1.29, 1.82) is 0 Å². The molecule has 0 aliphatic carbocycles. The lowest BCUT2D eigenvalue weighted by Gasteiger charge is -2.09. The summed E-state index contributed by atoms with van der Waals surface area (Å²) in [7, 11) is 1.95. The van der Waals surface area contributed by atoms with Gasteiger partial charge in [0.2, 0.25) is 0 Å². The van der Waals surface area contributed by atoms with Gasteiger partial charge in [-0.15, -0.1) is 11.3 Å². The molecular weight excluding hydrogens is 398 g/mol. The minimum absolute atomic E-state index is 0.0294. The molecule has 150 valence electrons. The number of aromatic nitrogens is 4. The molecule has 0 aliphatic heterocycles. The topological polar surface area (TPSA) is 61.9 Å². The molecule has 0 spiro atoms. The van der Waals surface area contributed by atoms with Gasteiger partial charge in [-0.2, -0.15) is 0 Å². The predicted octanol–water partition coefficient (Wildman–Crippen LogP) is 4.26. The molecule has 1 aromatic carbocycles. The number of fused-ring (bicyclic) bond motifs is 1. The highest BCUT2D eigenvalue weighted by atomic mass is 32.1. The molecule has 29 heavy (non-hydrogen) atoms. The van der Waals surface area contributed by atoms with Crippen molar-refractivity contribution in [3.05, 3.63) is 68.8 Å². The van der Waals surface area contributed by atoms with Gasteiger partial charge < -0.3 is 9.30 Å². The maximum absolute atomic E-state index is 12.6. The van der Waals surface area contributed by atoms with E-state index in [4.69, 9.17) is 4.74 Å². The molecule has 0 N–H and O–H groups in total. The molecule has 9 heteroatoms. The number of alkyl halides is 2. The third-order valence-corrected chi connectivity index (χ3v) is 5.44. The van der Waals surface area contributed by atoms with Crippen molar-refractivity contribution in [2.45, 2.75) is 26.4 Å². The molecule has 0 bridgehead atoms. The largest absolute Gasteiger partial charge is 0.486 e. The fourth-order valence-electron chi connectivity index (χ4n) is 3.09. The second-order valence-corrected chi connectivity index (χ2v) is 7.38. The number of nitrogens with zero attached hydrogens (tertiary/aromatic N) is 4. The molecule has 0 aliphatic rings. The molecule has 0 saturated carbocycles. The van der Waals surface area contributed by atoms with Gasteiger partial charge in [0.15, 0.2) is 0 Å². The molecule has 0 fully saturated rings. The van der Waals surface area contributed by atoms with Crippen LogP contribution in [-0.4, -0.2) is 19.1 Å². The zero-order valence-electron chi connectivity index (χ0n) is 15.8. The van der Waals surface area contributed by atoms with Gasteiger partial charge in [-0.3, -0.25) is 9.36 Å². The van der Waals surface area contributed by atoms with Gasteiger partial charge in [0.05, 0.1) is 16.7 Å². The minimum atomic E-state index is -2.60. The molecule has 4 aromatic rings. The minimum Gasteiger partial charge on any atom is -0.486 e. The zero-order chi connectivity index (χ0) is 20.5. The van der Waals surface area contributed by atoms with Crippen molar-refractivity contribution in [2.75, 3.05) is 0 Å². The van der Waals surface area contributed by atoms with Gasteiger partial charge >= 0.3 is 0 Å². The van der Waals surface area contributed by atoms with Crippen molar-refractivity contribution in [3.8, 4) is 11.4 Å². The van der Waals surface area contributed by atoms with E-state index in [0.717, 1.165) is 40.3 Å². The maximum atomic E-state index is 12.6. The maximum Gasteiger partial charge on any atom is 0.281 e. The lowest BCUT2D eigenvalue weighted by Crippen LogP contribution is -2.16. The normalized spacial score (nSPS) is 11.5. The number of rotatable bonds is 6. The summed E-state index contributed by atoms with van der Waals surface area (Å²) in [5.74, 6) is 1.33. The second kappa shape index (κ2) is 7.75. The fraction of sp³-hybridized carbons (Fsp3) is 0.250. The summed E-state index contributed by atoms with van der Waals surface area (Å²) >= 11 is 1.10. The summed E-state index contributed by atoms with van der Waals surface area (Å²) < 4.78 is 34.3. The third-order valence-electron chi connectivity index (χ3n) is 4.60. The zero-order valence-corrected chi connectivity index (χ0v) is 16.6. The molecule has 0 atom stereocenters. The highest BCUT2D eigenvalue weighted by molar-refractivity contribution is 7.09. The molecule has 0 unspecified atom stereocenters. The number of hydrogen-bond donors (Lipinski definition) is 0. The Balaban J connectivity index is 1.56. The Kier molecular flexibility index (Phi) is 5.14. The van der Waals surface area contributed by atoms with Crippen molar-refractivity contribution in [1.82, 2.24) is 19.1 Å². The molecule has 3 aromatic heterocycles. The predicted molar refractivity (Wildman–Crippen MR) is 107 cm³/mol. The lowest BCUT2D eigenvalue weighted by atomic mass is 10.2. The Labute approximate surface area is 169 Å². The fourth-order valence-corrected chi connectivity index (χ4v) is 3.79. The van der Waals surface area contributed by atoms with E-state index in [1.54, 1.807) is 12.3 Å². The number of imidazole rings is 1. The Morgan fingerprint density at radius 2 is 2.03 bits per heavy atom. The number of aryl methyl sites for hydroxylation is 2. The Morgan fingerprint density at radius 1 is 1.21 bits per heavy atom. The first-order valence-corrected chi connectivity index (χ1v) is 9.88. The Bertz CT molecular complexity index is 1230. The smallest absolute Gasteiger partial charge is 0.281 e. The number of thiazole rings is 1. The first-order chi connectivity index (χ1) is 14.0. The first-order valence-electron chi connectivity index (χ1n) is 9.00. The molecule has 3 heterocycles. The highest BCUT2D eigenvalue weighted by Crippen LogP contribution is 2.22. The van der Waals surface area contributed by atoms with Crippen LogP contribution in [0.25, 0.3) is 16.7 Å². The standard InChI is InChI=1S/C20H18F2N4O2S/c1-3-17-23-14-5-4-12(8-16(14)25(17)2)26-7-6-13(9-19(26)27)28-10-18-24-15(11-29-18)20(21)22/h4-9,11,20H,3,10H2,1-2H3. The number of halogens is 2. The number of pyridine rings is 1. The molecule has 0 amide bonds. The molecule has 4 rings (SSSR count). The van der Waals surface area contributed by atoms with Crippen LogP contribution < -0.4 is 10.3 Å². The average Bonchev–Trinajstić information content (AvgIpc) is 3.31. The van der Waals surface area contributed by atoms with E-state index in [-0.39, 0.29) is 17.9 Å². The van der Waals surface area contributed by atoms with Crippen LogP contribution in [0.4, 0.5) is 8.78 Å². The first kappa shape index (κ1) is 19.3. The van der Waals surface area contributed by atoms with Crippen LogP contribution >= 0.6 is 11.3 Å². The van der Waals surface area contributed by atoms with Gasteiger partial charge in [0.25, 0.3) is 12.0 Å².